The third-order valence-electron chi connectivity index (χ3n) is 7.52. The van der Waals surface area contributed by atoms with Gasteiger partial charge in [0.1, 0.15) is 11.5 Å². The molecule has 0 radical (unpaired) electrons. The number of aliphatic hydroxyl groups is 2. The Hall–Kier alpha value is -0.920. The van der Waals surface area contributed by atoms with Gasteiger partial charge in [-0.15, -0.1) is 0 Å². The van der Waals surface area contributed by atoms with Crippen LogP contribution in [0.1, 0.15) is 71.6 Å². The first kappa shape index (κ1) is 13.7. The Kier molecular flexibility index (Phi) is 2.81. The van der Waals surface area contributed by atoms with Crippen LogP contribution >= 0.6 is 0 Å². The quantitative estimate of drug-likeness (QED) is 0.584. The fourth-order valence-corrected chi connectivity index (χ4v) is 6.22. The van der Waals surface area contributed by atoms with E-state index in [9.17, 15) is 10.2 Å². The number of hydrogen-bond donors (Lipinski definition) is 2. The van der Waals surface area contributed by atoms with Crippen LogP contribution in [0.4, 0.5) is 0 Å². The Morgan fingerprint density at radius 1 is 0.952 bits per heavy atom. The maximum absolute atomic E-state index is 10.7. The maximum Gasteiger partial charge on any atom is 0.136 e. The van der Waals surface area contributed by atoms with Crippen molar-refractivity contribution in [3.8, 4) is 0 Å². The fraction of sp³-hybridized carbons (Fsp3) is 0.789. The molecule has 0 amide bonds. The molecule has 0 heterocycles. The van der Waals surface area contributed by atoms with Crippen LogP contribution in [-0.2, 0) is 0 Å². The Labute approximate surface area is 127 Å². The smallest absolute Gasteiger partial charge is 0.136 e. The fourth-order valence-electron chi connectivity index (χ4n) is 6.22. The van der Waals surface area contributed by atoms with Crippen molar-refractivity contribution < 1.29 is 10.2 Å². The van der Waals surface area contributed by atoms with E-state index >= 15 is 0 Å². The van der Waals surface area contributed by atoms with Gasteiger partial charge in [-0.05, 0) is 68.6 Å². The zero-order valence-electron chi connectivity index (χ0n) is 13.4. The van der Waals surface area contributed by atoms with E-state index in [1.807, 2.05) is 0 Å². The molecule has 0 bridgehead atoms. The first-order valence-electron chi connectivity index (χ1n) is 8.81. The molecule has 2 fully saturated rings. The van der Waals surface area contributed by atoms with Crippen LogP contribution in [-0.4, -0.2) is 10.2 Å². The Balaban J connectivity index is 1.84. The third-order valence-corrected chi connectivity index (χ3v) is 7.52. The van der Waals surface area contributed by atoms with Crippen molar-refractivity contribution in [1.82, 2.24) is 0 Å². The van der Waals surface area contributed by atoms with Gasteiger partial charge in [-0.25, -0.2) is 0 Å². The summed E-state index contributed by atoms with van der Waals surface area (Å²) in [6.07, 6.45) is 10.6. The molecule has 116 valence electrons. The third kappa shape index (κ3) is 1.65. The zero-order chi connectivity index (χ0) is 14.8. The van der Waals surface area contributed by atoms with Crippen molar-refractivity contribution in [1.29, 1.82) is 0 Å². The summed E-state index contributed by atoms with van der Waals surface area (Å²) in [5.41, 5.74) is 3.65. The number of allylic oxidation sites excluding steroid dienone is 4. The van der Waals surface area contributed by atoms with Crippen LogP contribution in [0, 0.1) is 22.7 Å². The summed E-state index contributed by atoms with van der Waals surface area (Å²) in [6, 6.07) is 0. The molecule has 0 spiro atoms. The molecule has 4 rings (SSSR count). The van der Waals surface area contributed by atoms with Gasteiger partial charge in [0.05, 0.1) is 0 Å². The van der Waals surface area contributed by atoms with Gasteiger partial charge in [0, 0.05) is 11.8 Å². The van der Waals surface area contributed by atoms with Crippen molar-refractivity contribution in [2.75, 3.05) is 0 Å². The van der Waals surface area contributed by atoms with Crippen molar-refractivity contribution in [3.05, 3.63) is 22.7 Å². The monoisotopic (exact) mass is 288 g/mol. The van der Waals surface area contributed by atoms with E-state index in [-0.39, 0.29) is 11.2 Å². The molecule has 0 aromatic heterocycles. The van der Waals surface area contributed by atoms with E-state index < -0.39 is 0 Å². The lowest BCUT2D eigenvalue weighted by molar-refractivity contribution is 0.0183. The molecule has 0 aromatic carbocycles. The summed E-state index contributed by atoms with van der Waals surface area (Å²) in [5, 5.41) is 20.8. The van der Waals surface area contributed by atoms with Crippen LogP contribution in [0.2, 0.25) is 0 Å². The van der Waals surface area contributed by atoms with E-state index in [0.29, 0.717) is 29.4 Å². The van der Waals surface area contributed by atoms with Crippen molar-refractivity contribution >= 4 is 0 Å². The average Bonchev–Trinajstić information content (AvgIpc) is 2.86. The van der Waals surface area contributed by atoms with Crippen LogP contribution < -0.4 is 0 Å². The lowest BCUT2D eigenvalue weighted by Gasteiger charge is -2.54. The summed E-state index contributed by atoms with van der Waals surface area (Å²) in [5.74, 6) is 1.61. The summed E-state index contributed by atoms with van der Waals surface area (Å²) in [6.45, 7) is 4.69. The molecular formula is C19H28O2. The summed E-state index contributed by atoms with van der Waals surface area (Å²) >= 11 is 0. The Morgan fingerprint density at radius 2 is 1.71 bits per heavy atom. The molecule has 2 saturated carbocycles. The normalized spacial score (nSPS) is 46.2. The first-order chi connectivity index (χ1) is 9.97. The zero-order valence-corrected chi connectivity index (χ0v) is 13.4. The SMILES string of the molecule is C[C@@]12CCCC1=C1CC[C@@H]3CCC(O)=C(O)[C@]3(C)[C@H]1CC2. The molecule has 2 N–H and O–H groups in total. The molecule has 2 nitrogen and oxygen atoms in total. The van der Waals surface area contributed by atoms with E-state index in [1.165, 1.54) is 44.9 Å². The highest BCUT2D eigenvalue weighted by atomic mass is 16.3. The highest BCUT2D eigenvalue weighted by molar-refractivity contribution is 5.36. The number of aliphatic hydroxyl groups excluding tert-OH is 2. The predicted molar refractivity (Wildman–Crippen MR) is 84.1 cm³/mol. The van der Waals surface area contributed by atoms with Gasteiger partial charge in [0.2, 0.25) is 0 Å². The standard InChI is InChI=1S/C19H28O2/c1-18-10-3-4-14(18)13-7-5-12-6-8-16(20)17(21)19(12,2)15(13)9-11-18/h12,15,20-21H,3-11H2,1-2H3/t12-,15+,18+,19+/m1/s1. The van der Waals surface area contributed by atoms with Gasteiger partial charge < -0.3 is 10.2 Å². The van der Waals surface area contributed by atoms with Gasteiger partial charge in [-0.2, -0.15) is 0 Å². The Bertz CT molecular complexity index is 544. The van der Waals surface area contributed by atoms with Gasteiger partial charge in [0.25, 0.3) is 0 Å². The molecule has 0 aliphatic heterocycles. The average molecular weight is 288 g/mol. The van der Waals surface area contributed by atoms with Gasteiger partial charge >= 0.3 is 0 Å². The summed E-state index contributed by atoms with van der Waals surface area (Å²) in [4.78, 5) is 0. The van der Waals surface area contributed by atoms with Crippen LogP contribution in [0.15, 0.2) is 22.7 Å². The van der Waals surface area contributed by atoms with E-state index in [2.05, 4.69) is 13.8 Å². The second kappa shape index (κ2) is 4.30. The second-order valence-corrected chi connectivity index (χ2v) is 8.36. The van der Waals surface area contributed by atoms with Crippen LogP contribution in [0.25, 0.3) is 0 Å². The predicted octanol–water partition coefficient (Wildman–Crippen LogP) is 5.42. The van der Waals surface area contributed by atoms with Crippen LogP contribution in [0.3, 0.4) is 0 Å². The molecule has 0 unspecified atom stereocenters. The topological polar surface area (TPSA) is 40.5 Å². The van der Waals surface area contributed by atoms with E-state index in [0.717, 1.165) is 6.42 Å². The van der Waals surface area contributed by atoms with Gasteiger partial charge in [0.15, 0.2) is 0 Å². The van der Waals surface area contributed by atoms with Gasteiger partial charge in [-0.1, -0.05) is 25.0 Å². The van der Waals surface area contributed by atoms with Crippen LogP contribution in [0.5, 0.6) is 0 Å². The maximum atomic E-state index is 10.7. The molecular weight excluding hydrogens is 260 g/mol. The highest BCUT2D eigenvalue weighted by Gasteiger charge is 2.55. The minimum Gasteiger partial charge on any atom is -0.509 e. The molecule has 0 aromatic rings. The minimum absolute atomic E-state index is 0.202. The van der Waals surface area contributed by atoms with Crippen molar-refractivity contribution in [2.24, 2.45) is 22.7 Å². The lowest BCUT2D eigenvalue weighted by atomic mass is 9.50. The number of hydrogen-bond acceptors (Lipinski definition) is 2. The van der Waals surface area contributed by atoms with Gasteiger partial charge in [-0.3, -0.25) is 0 Å². The van der Waals surface area contributed by atoms with E-state index in [1.54, 1.807) is 11.1 Å². The molecule has 4 aliphatic carbocycles. The molecule has 21 heavy (non-hydrogen) atoms. The number of fused-ring (bicyclic) bond motifs is 4. The molecule has 2 heteroatoms. The molecule has 0 saturated heterocycles. The molecule has 4 atom stereocenters. The molecule has 4 aliphatic rings. The first-order valence-corrected chi connectivity index (χ1v) is 8.81. The largest absolute Gasteiger partial charge is 0.509 e. The summed E-state index contributed by atoms with van der Waals surface area (Å²) in [7, 11) is 0. The second-order valence-electron chi connectivity index (χ2n) is 8.36. The van der Waals surface area contributed by atoms with Crippen molar-refractivity contribution in [3.63, 3.8) is 0 Å². The highest BCUT2D eigenvalue weighted by Crippen LogP contribution is 2.64. The number of rotatable bonds is 0. The minimum atomic E-state index is -0.202. The summed E-state index contributed by atoms with van der Waals surface area (Å²) < 4.78 is 0. The Morgan fingerprint density at radius 3 is 2.52 bits per heavy atom. The van der Waals surface area contributed by atoms with E-state index in [4.69, 9.17) is 0 Å². The lowest BCUT2D eigenvalue weighted by Crippen LogP contribution is -2.46. The van der Waals surface area contributed by atoms with Crippen molar-refractivity contribution in [2.45, 2.75) is 71.6 Å².